The lowest BCUT2D eigenvalue weighted by Crippen LogP contribution is -1.90. The van der Waals surface area contributed by atoms with Crippen LogP contribution in [0.3, 0.4) is 0 Å². The van der Waals surface area contributed by atoms with Crippen LogP contribution in [0.1, 0.15) is 11.3 Å². The molecule has 1 aromatic heterocycles. The number of nitrogens with one attached hydrogen (secondary N) is 1. The Bertz CT molecular complexity index is 548. The van der Waals surface area contributed by atoms with Crippen LogP contribution in [0.2, 0.25) is 0 Å². The number of hydrogen-bond donors (Lipinski definition) is 1. The zero-order valence-corrected chi connectivity index (χ0v) is 9.23. The third kappa shape index (κ3) is 2.04. The number of anilines is 2. The van der Waals surface area contributed by atoms with E-state index in [0.29, 0.717) is 5.56 Å². The van der Waals surface area contributed by atoms with Gasteiger partial charge in [0.1, 0.15) is 0 Å². The predicted octanol–water partition coefficient (Wildman–Crippen LogP) is 2.34. The Balaban J connectivity index is 2.27. The summed E-state index contributed by atoms with van der Waals surface area (Å²) in [4.78, 5) is 0. The number of nitrogens with zero attached hydrogens (tertiary/aromatic N) is 3. The smallest absolute Gasteiger partial charge is 0.0992 e. The summed E-state index contributed by atoms with van der Waals surface area (Å²) < 4.78 is 1.76. The summed E-state index contributed by atoms with van der Waals surface area (Å²) >= 11 is 0. The van der Waals surface area contributed by atoms with E-state index in [0.717, 1.165) is 17.1 Å². The Hall–Kier alpha value is -2.28. The fourth-order valence-electron chi connectivity index (χ4n) is 1.54. The summed E-state index contributed by atoms with van der Waals surface area (Å²) in [7, 11) is 1.88. The largest absolute Gasteiger partial charge is 0.353 e. The molecule has 0 bridgehead atoms. The van der Waals surface area contributed by atoms with Crippen LogP contribution in [0.15, 0.2) is 30.5 Å². The maximum Gasteiger partial charge on any atom is 0.0992 e. The van der Waals surface area contributed by atoms with Gasteiger partial charge in [-0.2, -0.15) is 10.4 Å². The third-order valence-corrected chi connectivity index (χ3v) is 2.28. The first-order chi connectivity index (χ1) is 7.69. The second-order valence-corrected chi connectivity index (χ2v) is 3.62. The van der Waals surface area contributed by atoms with Crippen molar-refractivity contribution >= 4 is 11.4 Å². The van der Waals surface area contributed by atoms with Crippen LogP contribution < -0.4 is 5.32 Å². The van der Waals surface area contributed by atoms with Gasteiger partial charge in [-0.1, -0.05) is 6.07 Å². The van der Waals surface area contributed by atoms with Crippen LogP contribution in [-0.4, -0.2) is 9.78 Å². The van der Waals surface area contributed by atoms with E-state index < -0.39 is 0 Å². The number of rotatable bonds is 2. The van der Waals surface area contributed by atoms with Crippen molar-refractivity contribution in [1.82, 2.24) is 9.78 Å². The molecule has 0 aliphatic rings. The molecule has 0 radical (unpaired) electrons. The molecule has 16 heavy (non-hydrogen) atoms. The molecule has 0 unspecified atom stereocenters. The average molecular weight is 212 g/mol. The van der Waals surface area contributed by atoms with E-state index in [1.165, 1.54) is 0 Å². The number of nitriles is 1. The van der Waals surface area contributed by atoms with Gasteiger partial charge in [0.2, 0.25) is 0 Å². The molecule has 0 spiro atoms. The fourth-order valence-corrected chi connectivity index (χ4v) is 1.54. The molecule has 2 aromatic rings. The highest BCUT2D eigenvalue weighted by Crippen LogP contribution is 2.19. The van der Waals surface area contributed by atoms with Gasteiger partial charge >= 0.3 is 0 Å². The van der Waals surface area contributed by atoms with Gasteiger partial charge in [-0.05, 0) is 25.1 Å². The molecule has 2 rings (SSSR count). The predicted molar refractivity (Wildman–Crippen MR) is 62.4 cm³/mol. The van der Waals surface area contributed by atoms with E-state index in [2.05, 4.69) is 16.5 Å². The maximum absolute atomic E-state index is 8.79. The van der Waals surface area contributed by atoms with Crippen molar-refractivity contribution in [2.75, 3.05) is 5.32 Å². The second-order valence-electron chi connectivity index (χ2n) is 3.62. The van der Waals surface area contributed by atoms with Crippen molar-refractivity contribution < 1.29 is 0 Å². The first kappa shape index (κ1) is 10.2. The quantitative estimate of drug-likeness (QED) is 0.831. The van der Waals surface area contributed by atoms with Crippen LogP contribution in [0.25, 0.3) is 0 Å². The topological polar surface area (TPSA) is 53.6 Å². The highest BCUT2D eigenvalue weighted by atomic mass is 15.3. The maximum atomic E-state index is 8.79. The summed E-state index contributed by atoms with van der Waals surface area (Å²) in [5.74, 6) is 0. The summed E-state index contributed by atoms with van der Waals surface area (Å²) in [6.07, 6.45) is 1.91. The zero-order valence-electron chi connectivity index (χ0n) is 9.23. The lowest BCUT2D eigenvalue weighted by Gasteiger charge is -2.04. The Morgan fingerprint density at radius 2 is 2.25 bits per heavy atom. The molecule has 4 nitrogen and oxygen atoms in total. The molecule has 0 amide bonds. The summed E-state index contributed by atoms with van der Waals surface area (Å²) in [5.41, 5.74) is 3.43. The van der Waals surface area contributed by atoms with Crippen molar-refractivity contribution in [2.45, 2.75) is 6.92 Å². The van der Waals surface area contributed by atoms with Gasteiger partial charge in [0.25, 0.3) is 0 Å². The monoisotopic (exact) mass is 212 g/mol. The molecule has 1 aromatic carbocycles. The molecule has 0 aliphatic carbocycles. The van der Waals surface area contributed by atoms with E-state index >= 15 is 0 Å². The standard InChI is InChI=1S/C12H12N4/c1-9-12(8-16(2)15-9)14-11-5-3-4-10(6-11)7-13/h3-6,8,14H,1-2H3. The molecule has 0 atom stereocenters. The number of aryl methyl sites for hydroxylation is 2. The minimum atomic E-state index is 0.645. The van der Waals surface area contributed by atoms with Gasteiger partial charge in [-0.3, -0.25) is 4.68 Å². The minimum Gasteiger partial charge on any atom is -0.353 e. The molecule has 0 saturated carbocycles. The molecular formula is C12H12N4. The summed E-state index contributed by atoms with van der Waals surface area (Å²) in [6, 6.07) is 9.48. The molecule has 0 saturated heterocycles. The molecule has 1 N–H and O–H groups in total. The van der Waals surface area contributed by atoms with Crippen molar-refractivity contribution in [3.05, 3.63) is 41.7 Å². The highest BCUT2D eigenvalue weighted by Gasteiger charge is 2.03. The van der Waals surface area contributed by atoms with Crippen molar-refractivity contribution in [3.8, 4) is 6.07 Å². The Morgan fingerprint density at radius 1 is 1.44 bits per heavy atom. The normalized spacial score (nSPS) is 9.81. The lowest BCUT2D eigenvalue weighted by molar-refractivity contribution is 0.756. The molecule has 1 heterocycles. The lowest BCUT2D eigenvalue weighted by atomic mass is 10.2. The Morgan fingerprint density at radius 3 is 2.88 bits per heavy atom. The molecule has 80 valence electrons. The first-order valence-corrected chi connectivity index (χ1v) is 4.96. The SMILES string of the molecule is Cc1nn(C)cc1Nc1cccc(C#N)c1. The van der Waals surface area contributed by atoms with Gasteiger partial charge in [0.15, 0.2) is 0 Å². The Kier molecular flexibility index (Phi) is 2.61. The number of hydrogen-bond acceptors (Lipinski definition) is 3. The second kappa shape index (κ2) is 4.07. The molecule has 0 aliphatic heterocycles. The average Bonchev–Trinajstić information content (AvgIpc) is 2.58. The van der Waals surface area contributed by atoms with Crippen LogP contribution >= 0.6 is 0 Å². The zero-order chi connectivity index (χ0) is 11.5. The first-order valence-electron chi connectivity index (χ1n) is 4.96. The van der Waals surface area contributed by atoms with E-state index in [-0.39, 0.29) is 0 Å². The molecular weight excluding hydrogens is 200 g/mol. The third-order valence-electron chi connectivity index (χ3n) is 2.28. The van der Waals surface area contributed by atoms with E-state index in [9.17, 15) is 0 Å². The highest BCUT2D eigenvalue weighted by molar-refractivity contribution is 5.62. The fraction of sp³-hybridized carbons (Fsp3) is 0.167. The van der Waals surface area contributed by atoms with Crippen LogP contribution in [0.5, 0.6) is 0 Å². The van der Waals surface area contributed by atoms with Gasteiger partial charge in [-0.25, -0.2) is 0 Å². The minimum absolute atomic E-state index is 0.645. The summed E-state index contributed by atoms with van der Waals surface area (Å²) in [6.45, 7) is 1.94. The van der Waals surface area contributed by atoms with E-state index in [1.807, 2.05) is 38.4 Å². The van der Waals surface area contributed by atoms with Crippen LogP contribution in [-0.2, 0) is 7.05 Å². The van der Waals surface area contributed by atoms with Gasteiger partial charge in [0, 0.05) is 18.9 Å². The van der Waals surface area contributed by atoms with E-state index in [1.54, 1.807) is 10.7 Å². The number of benzene rings is 1. The van der Waals surface area contributed by atoms with Gasteiger partial charge in [-0.15, -0.1) is 0 Å². The van der Waals surface area contributed by atoms with Crippen molar-refractivity contribution in [3.63, 3.8) is 0 Å². The van der Waals surface area contributed by atoms with Crippen LogP contribution in [0.4, 0.5) is 11.4 Å². The number of aromatic nitrogens is 2. The van der Waals surface area contributed by atoms with Crippen molar-refractivity contribution in [2.24, 2.45) is 7.05 Å². The molecule has 4 heteroatoms. The summed E-state index contributed by atoms with van der Waals surface area (Å²) in [5, 5.41) is 16.3. The van der Waals surface area contributed by atoms with E-state index in [4.69, 9.17) is 5.26 Å². The molecule has 0 fully saturated rings. The van der Waals surface area contributed by atoms with Crippen molar-refractivity contribution in [1.29, 1.82) is 5.26 Å². The van der Waals surface area contributed by atoms with Gasteiger partial charge < -0.3 is 5.32 Å². The Labute approximate surface area is 94.1 Å². The van der Waals surface area contributed by atoms with Crippen LogP contribution in [0, 0.1) is 18.3 Å². The van der Waals surface area contributed by atoms with Gasteiger partial charge in [0.05, 0.1) is 23.0 Å².